The Bertz CT molecular complexity index is 602. The highest BCUT2D eigenvalue weighted by molar-refractivity contribution is 5.48. The van der Waals surface area contributed by atoms with Crippen molar-refractivity contribution in [3.63, 3.8) is 0 Å². The minimum atomic E-state index is 0.199. The summed E-state index contributed by atoms with van der Waals surface area (Å²) >= 11 is 0. The molecule has 21 heavy (non-hydrogen) atoms. The maximum atomic E-state index is 8.95. The Morgan fingerprint density at radius 1 is 0.952 bits per heavy atom. The van der Waals surface area contributed by atoms with E-state index in [1.165, 1.54) is 22.3 Å². The fraction of sp³-hybridized carbons (Fsp3) is 0.368. The van der Waals surface area contributed by atoms with Gasteiger partial charge in [0, 0.05) is 18.3 Å². The van der Waals surface area contributed by atoms with E-state index in [1.807, 2.05) is 0 Å². The quantitative estimate of drug-likeness (QED) is 0.856. The summed E-state index contributed by atoms with van der Waals surface area (Å²) in [5, 5.41) is 12.5. The lowest BCUT2D eigenvalue weighted by Crippen LogP contribution is -2.09. The minimum absolute atomic E-state index is 0.199. The van der Waals surface area contributed by atoms with Gasteiger partial charge in [0.05, 0.1) is 0 Å². The van der Waals surface area contributed by atoms with Crippen LogP contribution in [0, 0.1) is 20.8 Å². The normalized spacial score (nSPS) is 12.2. The Labute approximate surface area is 127 Å². The maximum Gasteiger partial charge on any atom is 0.0488 e. The van der Waals surface area contributed by atoms with Gasteiger partial charge >= 0.3 is 0 Å². The number of aliphatic hydroxyl groups is 1. The van der Waals surface area contributed by atoms with Crippen LogP contribution in [0.3, 0.4) is 0 Å². The molecule has 0 aromatic heterocycles. The zero-order valence-electron chi connectivity index (χ0n) is 13.4. The number of nitrogens with one attached hydrogen (secondary N) is 1. The van der Waals surface area contributed by atoms with Crippen molar-refractivity contribution in [2.24, 2.45) is 0 Å². The predicted octanol–water partition coefficient (Wildman–Crippen LogP) is 4.32. The van der Waals surface area contributed by atoms with Crippen LogP contribution >= 0.6 is 0 Å². The summed E-state index contributed by atoms with van der Waals surface area (Å²) < 4.78 is 0. The van der Waals surface area contributed by atoms with Crippen molar-refractivity contribution in [2.75, 3.05) is 11.9 Å². The maximum absolute atomic E-state index is 8.95. The van der Waals surface area contributed by atoms with Gasteiger partial charge in [0.2, 0.25) is 0 Å². The first-order valence-corrected chi connectivity index (χ1v) is 7.55. The van der Waals surface area contributed by atoms with Crippen LogP contribution in [0.5, 0.6) is 0 Å². The molecule has 1 unspecified atom stereocenters. The second-order valence-electron chi connectivity index (χ2n) is 5.83. The first kappa shape index (κ1) is 15.6. The molecular formula is C19H25NO. The van der Waals surface area contributed by atoms with Crippen molar-refractivity contribution in [1.82, 2.24) is 0 Å². The van der Waals surface area contributed by atoms with Crippen molar-refractivity contribution in [3.05, 3.63) is 64.2 Å². The molecule has 2 aromatic carbocycles. The molecule has 2 rings (SSSR count). The summed E-state index contributed by atoms with van der Waals surface area (Å²) in [6, 6.07) is 13.1. The molecule has 0 amide bonds. The molecule has 0 spiro atoms. The molecule has 0 aliphatic heterocycles. The van der Waals surface area contributed by atoms with Crippen LogP contribution in [0.1, 0.15) is 40.8 Å². The number of aliphatic hydroxyl groups excluding tert-OH is 1. The summed E-state index contributed by atoms with van der Waals surface area (Å²) in [4.78, 5) is 0. The standard InChI is InChI=1S/C19H25NO/c1-13-11-15(3)19(12-14(13)2)16(4)20-18-7-5-17(6-8-18)9-10-21/h5-8,11-12,16,20-21H,9-10H2,1-4H3. The van der Waals surface area contributed by atoms with Crippen LogP contribution in [-0.2, 0) is 6.42 Å². The van der Waals surface area contributed by atoms with E-state index in [9.17, 15) is 0 Å². The number of anilines is 1. The fourth-order valence-electron chi connectivity index (χ4n) is 2.67. The van der Waals surface area contributed by atoms with Gasteiger partial charge in [-0.2, -0.15) is 0 Å². The Morgan fingerprint density at radius 2 is 1.57 bits per heavy atom. The van der Waals surface area contributed by atoms with Crippen molar-refractivity contribution in [3.8, 4) is 0 Å². The van der Waals surface area contributed by atoms with Crippen molar-refractivity contribution >= 4 is 5.69 Å². The van der Waals surface area contributed by atoms with Gasteiger partial charge in [-0.15, -0.1) is 0 Å². The SMILES string of the molecule is Cc1cc(C)c(C(C)Nc2ccc(CCO)cc2)cc1C. The lowest BCUT2D eigenvalue weighted by Gasteiger charge is -2.19. The van der Waals surface area contributed by atoms with E-state index in [0.717, 1.165) is 11.3 Å². The minimum Gasteiger partial charge on any atom is -0.396 e. The second-order valence-corrected chi connectivity index (χ2v) is 5.83. The smallest absolute Gasteiger partial charge is 0.0488 e. The van der Waals surface area contributed by atoms with E-state index < -0.39 is 0 Å². The third-order valence-corrected chi connectivity index (χ3v) is 4.09. The molecule has 2 nitrogen and oxygen atoms in total. The number of hydrogen-bond donors (Lipinski definition) is 2. The van der Waals surface area contributed by atoms with Crippen LogP contribution in [0.2, 0.25) is 0 Å². The highest BCUT2D eigenvalue weighted by Gasteiger charge is 2.10. The highest BCUT2D eigenvalue weighted by Crippen LogP contribution is 2.25. The molecular weight excluding hydrogens is 258 g/mol. The van der Waals surface area contributed by atoms with E-state index in [2.05, 4.69) is 69.4 Å². The van der Waals surface area contributed by atoms with Gasteiger partial charge < -0.3 is 10.4 Å². The van der Waals surface area contributed by atoms with E-state index in [1.54, 1.807) is 0 Å². The summed E-state index contributed by atoms with van der Waals surface area (Å²) in [6.07, 6.45) is 0.714. The molecule has 0 saturated carbocycles. The Balaban J connectivity index is 2.14. The largest absolute Gasteiger partial charge is 0.396 e. The molecule has 0 bridgehead atoms. The Hall–Kier alpha value is -1.80. The highest BCUT2D eigenvalue weighted by atomic mass is 16.2. The molecule has 2 aromatic rings. The van der Waals surface area contributed by atoms with E-state index in [-0.39, 0.29) is 12.6 Å². The molecule has 0 aliphatic rings. The summed E-state index contributed by atoms with van der Waals surface area (Å²) in [5.74, 6) is 0. The van der Waals surface area contributed by atoms with Gasteiger partial charge in [-0.25, -0.2) is 0 Å². The van der Waals surface area contributed by atoms with Crippen LogP contribution in [0.4, 0.5) is 5.69 Å². The van der Waals surface area contributed by atoms with Crippen LogP contribution in [0.25, 0.3) is 0 Å². The van der Waals surface area contributed by atoms with Gasteiger partial charge in [0.25, 0.3) is 0 Å². The topological polar surface area (TPSA) is 32.3 Å². The number of hydrogen-bond acceptors (Lipinski definition) is 2. The van der Waals surface area contributed by atoms with E-state index in [4.69, 9.17) is 5.11 Å². The summed E-state index contributed by atoms with van der Waals surface area (Å²) in [5.41, 5.74) is 7.63. The molecule has 2 N–H and O–H groups in total. The van der Waals surface area contributed by atoms with Crippen molar-refractivity contribution < 1.29 is 5.11 Å². The van der Waals surface area contributed by atoms with Crippen LogP contribution < -0.4 is 5.32 Å². The molecule has 2 heteroatoms. The van der Waals surface area contributed by atoms with Gasteiger partial charge in [-0.3, -0.25) is 0 Å². The lowest BCUT2D eigenvalue weighted by molar-refractivity contribution is 0.299. The van der Waals surface area contributed by atoms with E-state index in [0.29, 0.717) is 6.42 Å². The predicted molar refractivity (Wildman–Crippen MR) is 89.9 cm³/mol. The van der Waals surface area contributed by atoms with Crippen LogP contribution in [-0.4, -0.2) is 11.7 Å². The third kappa shape index (κ3) is 3.85. The summed E-state index contributed by atoms with van der Waals surface area (Å²) in [7, 11) is 0. The number of rotatable bonds is 5. The molecule has 112 valence electrons. The number of benzene rings is 2. The lowest BCUT2D eigenvalue weighted by atomic mass is 9.96. The number of aryl methyl sites for hydroxylation is 3. The second kappa shape index (κ2) is 6.77. The van der Waals surface area contributed by atoms with Crippen molar-refractivity contribution in [1.29, 1.82) is 0 Å². The van der Waals surface area contributed by atoms with Gasteiger partial charge in [0.1, 0.15) is 0 Å². The molecule has 0 radical (unpaired) electrons. The summed E-state index contributed by atoms with van der Waals surface area (Å²) in [6.45, 7) is 8.88. The molecule has 0 aliphatic carbocycles. The zero-order chi connectivity index (χ0) is 15.4. The van der Waals surface area contributed by atoms with Crippen LogP contribution in [0.15, 0.2) is 36.4 Å². The van der Waals surface area contributed by atoms with Gasteiger partial charge in [-0.05, 0) is 74.1 Å². The average Bonchev–Trinajstić information content (AvgIpc) is 2.45. The first-order chi connectivity index (χ1) is 10.0. The fourth-order valence-corrected chi connectivity index (χ4v) is 2.67. The van der Waals surface area contributed by atoms with Gasteiger partial charge in [0.15, 0.2) is 0 Å². The molecule has 0 heterocycles. The third-order valence-electron chi connectivity index (χ3n) is 4.09. The Kier molecular flexibility index (Phi) is 5.03. The zero-order valence-corrected chi connectivity index (χ0v) is 13.4. The first-order valence-electron chi connectivity index (χ1n) is 7.55. The Morgan fingerprint density at radius 3 is 2.19 bits per heavy atom. The molecule has 1 atom stereocenters. The van der Waals surface area contributed by atoms with Gasteiger partial charge in [-0.1, -0.05) is 24.3 Å². The molecule has 0 fully saturated rings. The monoisotopic (exact) mass is 283 g/mol. The molecule has 0 saturated heterocycles. The van der Waals surface area contributed by atoms with Crippen molar-refractivity contribution in [2.45, 2.75) is 40.2 Å². The van der Waals surface area contributed by atoms with E-state index >= 15 is 0 Å². The average molecular weight is 283 g/mol.